The van der Waals surface area contributed by atoms with Crippen LogP contribution in [-0.2, 0) is 12.1 Å². The van der Waals surface area contributed by atoms with Gasteiger partial charge in [-0.05, 0) is 35.7 Å². The van der Waals surface area contributed by atoms with E-state index in [9.17, 15) is 5.11 Å². The van der Waals surface area contributed by atoms with Crippen LogP contribution in [0.4, 0.5) is 0 Å². The summed E-state index contributed by atoms with van der Waals surface area (Å²) in [5, 5.41) is 11.0. The molecule has 1 aliphatic heterocycles. The van der Waals surface area contributed by atoms with Crippen molar-refractivity contribution in [2.45, 2.75) is 18.6 Å². The number of aliphatic hydroxyl groups is 1. The lowest BCUT2D eigenvalue weighted by atomic mass is 9.93. The maximum absolute atomic E-state index is 11.0. The number of nitrogens with zero attached hydrogens (tertiary/aromatic N) is 3. The molecule has 5 heteroatoms. The Labute approximate surface area is 152 Å². The molecule has 2 aromatic carbocycles. The number of β-amino-alcohol motifs (C(OH)–C–C–N with tert-alkyl or cyclic N) is 1. The van der Waals surface area contributed by atoms with Crippen molar-refractivity contribution < 1.29 is 9.84 Å². The number of likely N-dealkylation sites (tertiary alicyclic amines) is 1. The molecule has 1 saturated heterocycles. The fourth-order valence-corrected chi connectivity index (χ4v) is 3.40. The van der Waals surface area contributed by atoms with Gasteiger partial charge in [0.25, 0.3) is 0 Å². The lowest BCUT2D eigenvalue weighted by molar-refractivity contribution is 0.0453. The van der Waals surface area contributed by atoms with E-state index in [0.29, 0.717) is 18.3 Å². The summed E-state index contributed by atoms with van der Waals surface area (Å²) in [6, 6.07) is 19.9. The predicted octanol–water partition coefficient (Wildman–Crippen LogP) is 3.36. The molecule has 1 fully saturated rings. The van der Waals surface area contributed by atoms with Crippen molar-refractivity contribution in [1.29, 1.82) is 0 Å². The third-order valence-corrected chi connectivity index (χ3v) is 4.69. The standard InChI is InChI=1S/C21H21N3O2/c25-21(18-7-2-1-3-8-18)10-13-24(16-21)15-17-6-4-9-19(14-17)26-20-22-11-5-12-23-20/h1-9,11-12,14,25H,10,13,15-16H2/t21-/m0/s1. The molecule has 5 nitrogen and oxygen atoms in total. The van der Waals surface area contributed by atoms with Crippen LogP contribution in [0.2, 0.25) is 0 Å². The second-order valence-corrected chi connectivity index (χ2v) is 6.64. The van der Waals surface area contributed by atoms with Gasteiger partial charge >= 0.3 is 6.01 Å². The Balaban J connectivity index is 1.43. The van der Waals surface area contributed by atoms with Gasteiger partial charge in [-0.1, -0.05) is 42.5 Å². The van der Waals surface area contributed by atoms with Gasteiger partial charge in [0.05, 0.1) is 0 Å². The molecule has 1 aliphatic rings. The van der Waals surface area contributed by atoms with Crippen molar-refractivity contribution in [3.8, 4) is 11.8 Å². The summed E-state index contributed by atoms with van der Waals surface area (Å²) < 4.78 is 5.70. The summed E-state index contributed by atoms with van der Waals surface area (Å²) in [7, 11) is 0. The molecule has 0 saturated carbocycles. The van der Waals surface area contributed by atoms with E-state index in [-0.39, 0.29) is 0 Å². The average molecular weight is 347 g/mol. The molecule has 0 amide bonds. The van der Waals surface area contributed by atoms with Crippen LogP contribution in [0.1, 0.15) is 17.5 Å². The first-order valence-electron chi connectivity index (χ1n) is 8.75. The summed E-state index contributed by atoms with van der Waals surface area (Å²) in [6.07, 6.45) is 4.05. The Hall–Kier alpha value is -2.76. The fourth-order valence-electron chi connectivity index (χ4n) is 3.40. The number of hydrogen-bond acceptors (Lipinski definition) is 5. The highest BCUT2D eigenvalue weighted by Gasteiger charge is 2.37. The molecule has 1 N–H and O–H groups in total. The van der Waals surface area contributed by atoms with Crippen LogP contribution in [0.25, 0.3) is 0 Å². The van der Waals surface area contributed by atoms with Crippen molar-refractivity contribution in [3.05, 3.63) is 84.2 Å². The predicted molar refractivity (Wildman–Crippen MR) is 98.8 cm³/mol. The largest absolute Gasteiger partial charge is 0.424 e. The zero-order valence-corrected chi connectivity index (χ0v) is 14.5. The summed E-state index contributed by atoms with van der Waals surface area (Å²) in [6.45, 7) is 2.25. The third-order valence-electron chi connectivity index (χ3n) is 4.69. The quantitative estimate of drug-likeness (QED) is 0.767. The highest BCUT2D eigenvalue weighted by molar-refractivity contribution is 5.31. The zero-order chi connectivity index (χ0) is 17.8. The first kappa shape index (κ1) is 16.7. The van der Waals surface area contributed by atoms with Crippen LogP contribution >= 0.6 is 0 Å². The maximum atomic E-state index is 11.0. The molecule has 26 heavy (non-hydrogen) atoms. The first-order chi connectivity index (χ1) is 12.7. The summed E-state index contributed by atoms with van der Waals surface area (Å²) in [5.74, 6) is 0.714. The minimum absolute atomic E-state index is 0.337. The van der Waals surface area contributed by atoms with E-state index in [2.05, 4.69) is 20.9 Å². The van der Waals surface area contributed by atoms with Gasteiger partial charge in [0, 0.05) is 32.0 Å². The minimum Gasteiger partial charge on any atom is -0.424 e. The lowest BCUT2D eigenvalue weighted by Crippen LogP contribution is -2.30. The summed E-state index contributed by atoms with van der Waals surface area (Å²) in [5.41, 5.74) is 1.35. The van der Waals surface area contributed by atoms with E-state index >= 15 is 0 Å². The molecular formula is C21H21N3O2. The van der Waals surface area contributed by atoms with Gasteiger partial charge in [-0.3, -0.25) is 4.90 Å². The molecule has 2 heterocycles. The molecule has 0 radical (unpaired) electrons. The Kier molecular flexibility index (Phi) is 4.65. The van der Waals surface area contributed by atoms with Crippen molar-refractivity contribution in [2.75, 3.05) is 13.1 Å². The smallest absolute Gasteiger partial charge is 0.321 e. The second kappa shape index (κ2) is 7.23. The molecule has 0 unspecified atom stereocenters. The Morgan fingerprint density at radius 2 is 1.81 bits per heavy atom. The van der Waals surface area contributed by atoms with Crippen LogP contribution in [0.5, 0.6) is 11.8 Å². The van der Waals surface area contributed by atoms with E-state index in [4.69, 9.17) is 4.74 Å². The van der Waals surface area contributed by atoms with E-state index in [1.54, 1.807) is 18.5 Å². The van der Waals surface area contributed by atoms with Crippen molar-refractivity contribution in [3.63, 3.8) is 0 Å². The number of aromatic nitrogens is 2. The van der Waals surface area contributed by atoms with Gasteiger partial charge in [0.15, 0.2) is 0 Å². The molecule has 132 valence electrons. The molecule has 1 aromatic heterocycles. The van der Waals surface area contributed by atoms with Gasteiger partial charge in [0.2, 0.25) is 0 Å². The van der Waals surface area contributed by atoms with Gasteiger partial charge in [-0.25, -0.2) is 9.97 Å². The van der Waals surface area contributed by atoms with Crippen molar-refractivity contribution >= 4 is 0 Å². The van der Waals surface area contributed by atoms with Crippen LogP contribution < -0.4 is 4.74 Å². The van der Waals surface area contributed by atoms with E-state index < -0.39 is 5.60 Å². The Bertz CT molecular complexity index is 857. The summed E-state index contributed by atoms with van der Waals surface area (Å²) in [4.78, 5) is 10.4. The lowest BCUT2D eigenvalue weighted by Gasteiger charge is -2.24. The molecular weight excluding hydrogens is 326 g/mol. The van der Waals surface area contributed by atoms with Crippen molar-refractivity contribution in [1.82, 2.24) is 14.9 Å². The highest BCUT2D eigenvalue weighted by Crippen LogP contribution is 2.32. The van der Waals surface area contributed by atoms with Gasteiger partial charge < -0.3 is 9.84 Å². The molecule has 3 aromatic rings. The minimum atomic E-state index is -0.771. The van der Waals surface area contributed by atoms with Crippen LogP contribution in [-0.4, -0.2) is 33.1 Å². The van der Waals surface area contributed by atoms with E-state index in [0.717, 1.165) is 30.6 Å². The number of benzene rings is 2. The molecule has 0 aliphatic carbocycles. The zero-order valence-electron chi connectivity index (χ0n) is 14.5. The molecule has 4 rings (SSSR count). The number of ether oxygens (including phenoxy) is 1. The van der Waals surface area contributed by atoms with Crippen LogP contribution in [0.3, 0.4) is 0 Å². The third kappa shape index (κ3) is 3.74. The maximum Gasteiger partial charge on any atom is 0.321 e. The molecule has 1 atom stereocenters. The molecule has 0 spiro atoms. The van der Waals surface area contributed by atoms with Crippen molar-refractivity contribution in [2.24, 2.45) is 0 Å². The Morgan fingerprint density at radius 1 is 1.00 bits per heavy atom. The fraction of sp³-hybridized carbons (Fsp3) is 0.238. The first-order valence-corrected chi connectivity index (χ1v) is 8.75. The van der Waals surface area contributed by atoms with Crippen LogP contribution in [0, 0.1) is 0 Å². The summed E-state index contributed by atoms with van der Waals surface area (Å²) >= 11 is 0. The van der Waals surface area contributed by atoms with Gasteiger partial charge in [0.1, 0.15) is 11.4 Å². The number of hydrogen-bond donors (Lipinski definition) is 1. The van der Waals surface area contributed by atoms with E-state index in [1.807, 2.05) is 48.5 Å². The van der Waals surface area contributed by atoms with Gasteiger partial charge in [-0.15, -0.1) is 0 Å². The van der Waals surface area contributed by atoms with Gasteiger partial charge in [-0.2, -0.15) is 0 Å². The highest BCUT2D eigenvalue weighted by atomic mass is 16.5. The Morgan fingerprint density at radius 3 is 2.62 bits per heavy atom. The second-order valence-electron chi connectivity index (χ2n) is 6.64. The topological polar surface area (TPSA) is 58.5 Å². The number of rotatable bonds is 5. The molecule has 0 bridgehead atoms. The average Bonchev–Trinajstić information content (AvgIpc) is 3.06. The SMILES string of the molecule is O[C@@]1(c2ccccc2)CCN(Cc2cccc(Oc3ncccn3)c2)C1. The van der Waals surface area contributed by atoms with Crippen LogP contribution in [0.15, 0.2) is 73.1 Å². The normalized spacial score (nSPS) is 20.2. The van der Waals surface area contributed by atoms with E-state index in [1.165, 1.54) is 0 Å². The monoisotopic (exact) mass is 347 g/mol.